The highest BCUT2D eigenvalue weighted by Gasteiger charge is 2.22. The van der Waals surface area contributed by atoms with Crippen LogP contribution in [-0.2, 0) is 19.1 Å². The highest BCUT2D eigenvalue weighted by atomic mass is 16.5. The molecule has 2 aliphatic rings. The predicted molar refractivity (Wildman–Crippen MR) is 124 cm³/mol. The van der Waals surface area contributed by atoms with Crippen molar-refractivity contribution in [2.45, 2.75) is 57.7 Å². The van der Waals surface area contributed by atoms with Gasteiger partial charge in [0.25, 0.3) is 0 Å². The topological polar surface area (TPSA) is 121 Å². The quantitative estimate of drug-likeness (QED) is 0.227. The van der Waals surface area contributed by atoms with Gasteiger partial charge in [-0.15, -0.1) is 0 Å². The van der Waals surface area contributed by atoms with Crippen LogP contribution in [0.1, 0.15) is 57.1 Å². The second kappa shape index (κ2) is 12.7. The largest absolute Gasteiger partial charge is 0.466 e. The standard InChI is InChI=1S/C24H33N5O4/c1-2-33-23(32)14-20(18-7-3-11-25-16-18)29-22(31)15-21(30)26-12-5-8-19-10-9-17-6-4-13-27-24(17)28-19/h3,7,9-11,16,20,24,27-28H,2,4-6,8,12-15H2,1H3,(H,26,30)(H,29,31)/t20-,24?/m0/s1. The maximum atomic E-state index is 12.4. The lowest BCUT2D eigenvalue weighted by Crippen LogP contribution is -2.47. The van der Waals surface area contributed by atoms with Crippen molar-refractivity contribution in [3.8, 4) is 0 Å². The number of pyridine rings is 1. The Kier molecular flexibility index (Phi) is 9.44. The Balaban J connectivity index is 1.40. The van der Waals surface area contributed by atoms with E-state index in [1.165, 1.54) is 12.0 Å². The summed E-state index contributed by atoms with van der Waals surface area (Å²) in [5.41, 5.74) is 3.21. The summed E-state index contributed by atoms with van der Waals surface area (Å²) in [5, 5.41) is 12.5. The number of esters is 1. The maximum absolute atomic E-state index is 12.4. The van der Waals surface area contributed by atoms with Crippen molar-refractivity contribution < 1.29 is 19.1 Å². The first-order valence-corrected chi connectivity index (χ1v) is 11.6. The van der Waals surface area contributed by atoms with Gasteiger partial charge < -0.3 is 20.7 Å². The SMILES string of the molecule is CCOC(=O)C[C@H](NC(=O)CC(=O)NCCCC1=CC=C2CCCNC2N1)c1cccnc1. The average molecular weight is 456 g/mol. The lowest BCUT2D eigenvalue weighted by Gasteiger charge is -2.32. The second-order valence-corrected chi connectivity index (χ2v) is 8.11. The van der Waals surface area contributed by atoms with Crippen molar-refractivity contribution in [1.29, 1.82) is 0 Å². The van der Waals surface area contributed by atoms with Gasteiger partial charge in [0, 0.05) is 24.6 Å². The summed E-state index contributed by atoms with van der Waals surface area (Å²) >= 11 is 0. The highest BCUT2D eigenvalue weighted by molar-refractivity contribution is 5.97. The van der Waals surface area contributed by atoms with Gasteiger partial charge in [-0.3, -0.25) is 24.7 Å². The van der Waals surface area contributed by atoms with Gasteiger partial charge >= 0.3 is 5.97 Å². The molecule has 4 N–H and O–H groups in total. The van der Waals surface area contributed by atoms with Crippen molar-refractivity contribution in [3.63, 3.8) is 0 Å². The molecular formula is C24H33N5O4. The van der Waals surface area contributed by atoms with Crippen LogP contribution < -0.4 is 21.3 Å². The summed E-state index contributed by atoms with van der Waals surface area (Å²) in [4.78, 5) is 40.6. The molecule has 0 radical (unpaired) electrons. The Hall–Kier alpha value is -3.20. The minimum atomic E-state index is -0.603. The van der Waals surface area contributed by atoms with Crippen LogP contribution in [0.15, 0.2) is 47.9 Å². The van der Waals surface area contributed by atoms with E-state index in [2.05, 4.69) is 38.4 Å². The Labute approximate surface area is 194 Å². The number of ether oxygens (including phenoxy) is 1. The number of carbonyl (C=O) groups is 3. The van der Waals surface area contributed by atoms with Crippen LogP contribution in [0.2, 0.25) is 0 Å². The average Bonchev–Trinajstić information content (AvgIpc) is 2.82. The smallest absolute Gasteiger partial charge is 0.308 e. The summed E-state index contributed by atoms with van der Waals surface area (Å²) in [6, 6.07) is 2.89. The number of hydrogen-bond acceptors (Lipinski definition) is 7. The van der Waals surface area contributed by atoms with Gasteiger partial charge in [-0.05, 0) is 62.4 Å². The first-order chi connectivity index (χ1) is 16.0. The van der Waals surface area contributed by atoms with Crippen LogP contribution in [0.3, 0.4) is 0 Å². The van der Waals surface area contributed by atoms with E-state index in [9.17, 15) is 14.4 Å². The van der Waals surface area contributed by atoms with Gasteiger partial charge in [-0.2, -0.15) is 0 Å². The number of aromatic nitrogens is 1. The summed E-state index contributed by atoms with van der Waals surface area (Å²) in [6.45, 7) is 3.48. The molecule has 3 heterocycles. The number of rotatable bonds is 11. The summed E-state index contributed by atoms with van der Waals surface area (Å²) in [7, 11) is 0. The molecule has 33 heavy (non-hydrogen) atoms. The Bertz CT molecular complexity index is 884. The number of allylic oxidation sites excluding steroid dienone is 3. The molecule has 2 atom stereocenters. The molecule has 3 rings (SSSR count). The van der Waals surface area contributed by atoms with Crippen molar-refractivity contribution >= 4 is 17.8 Å². The molecule has 1 aromatic rings. The zero-order valence-corrected chi connectivity index (χ0v) is 19.1. The van der Waals surface area contributed by atoms with E-state index in [-0.39, 0.29) is 31.5 Å². The minimum Gasteiger partial charge on any atom is -0.466 e. The molecule has 2 amide bonds. The molecule has 0 aliphatic carbocycles. The van der Waals surface area contributed by atoms with Crippen LogP contribution in [0.5, 0.6) is 0 Å². The number of nitrogens with zero attached hydrogens (tertiary/aromatic N) is 1. The van der Waals surface area contributed by atoms with Gasteiger partial charge in [0.1, 0.15) is 6.42 Å². The third-order valence-corrected chi connectivity index (χ3v) is 5.55. The van der Waals surface area contributed by atoms with Crippen LogP contribution in [0, 0.1) is 0 Å². The Morgan fingerprint density at radius 1 is 1.27 bits per heavy atom. The molecule has 178 valence electrons. The van der Waals surface area contributed by atoms with Crippen LogP contribution in [-0.4, -0.2) is 48.6 Å². The molecule has 2 aliphatic heterocycles. The van der Waals surface area contributed by atoms with Crippen LogP contribution in [0.4, 0.5) is 0 Å². The number of piperidine rings is 1. The number of nitrogens with one attached hydrogen (secondary N) is 4. The van der Waals surface area contributed by atoms with E-state index in [4.69, 9.17) is 4.74 Å². The monoisotopic (exact) mass is 455 g/mol. The molecule has 1 fully saturated rings. The van der Waals surface area contributed by atoms with Gasteiger partial charge in [-0.25, -0.2) is 0 Å². The summed E-state index contributed by atoms with van der Waals surface area (Å²) < 4.78 is 4.99. The van der Waals surface area contributed by atoms with Crippen LogP contribution in [0.25, 0.3) is 0 Å². The maximum Gasteiger partial charge on any atom is 0.308 e. The normalized spacial score (nSPS) is 18.0. The fraction of sp³-hybridized carbons (Fsp3) is 0.500. The van der Waals surface area contributed by atoms with Gasteiger partial charge in [0.05, 0.1) is 25.2 Å². The predicted octanol–water partition coefficient (Wildman–Crippen LogP) is 1.60. The van der Waals surface area contributed by atoms with Crippen molar-refractivity contribution in [3.05, 3.63) is 53.5 Å². The number of amides is 2. The van der Waals surface area contributed by atoms with Crippen LogP contribution >= 0.6 is 0 Å². The molecule has 1 saturated heterocycles. The van der Waals surface area contributed by atoms with Crippen molar-refractivity contribution in [2.24, 2.45) is 0 Å². The molecule has 0 spiro atoms. The summed E-state index contributed by atoms with van der Waals surface area (Å²) in [6.07, 6.45) is 11.2. The zero-order chi connectivity index (χ0) is 23.5. The second-order valence-electron chi connectivity index (χ2n) is 8.11. The van der Waals surface area contributed by atoms with Gasteiger partial charge in [-0.1, -0.05) is 12.1 Å². The van der Waals surface area contributed by atoms with E-state index in [1.54, 1.807) is 31.5 Å². The first-order valence-electron chi connectivity index (χ1n) is 11.6. The Morgan fingerprint density at radius 2 is 2.15 bits per heavy atom. The Morgan fingerprint density at radius 3 is 2.94 bits per heavy atom. The van der Waals surface area contributed by atoms with E-state index >= 15 is 0 Å². The zero-order valence-electron chi connectivity index (χ0n) is 19.1. The number of fused-ring (bicyclic) bond motifs is 1. The molecule has 0 bridgehead atoms. The molecule has 0 saturated carbocycles. The third kappa shape index (κ3) is 8.02. The summed E-state index contributed by atoms with van der Waals surface area (Å²) in [5.74, 6) is -1.23. The molecule has 9 nitrogen and oxygen atoms in total. The highest BCUT2D eigenvalue weighted by Crippen LogP contribution is 2.20. The van der Waals surface area contributed by atoms with Crippen molar-refractivity contribution in [1.82, 2.24) is 26.3 Å². The van der Waals surface area contributed by atoms with E-state index in [0.717, 1.165) is 31.5 Å². The number of carbonyl (C=O) groups excluding carboxylic acids is 3. The molecule has 9 heteroatoms. The van der Waals surface area contributed by atoms with E-state index in [0.29, 0.717) is 12.1 Å². The molecule has 0 aromatic carbocycles. The minimum absolute atomic E-state index is 0.0268. The lowest BCUT2D eigenvalue weighted by molar-refractivity contribution is -0.143. The molecular weight excluding hydrogens is 422 g/mol. The lowest BCUT2D eigenvalue weighted by atomic mass is 9.99. The first kappa shape index (κ1) is 24.4. The van der Waals surface area contributed by atoms with Crippen molar-refractivity contribution in [2.75, 3.05) is 19.7 Å². The fourth-order valence-electron chi connectivity index (χ4n) is 3.92. The molecule has 1 unspecified atom stereocenters. The fourth-order valence-corrected chi connectivity index (χ4v) is 3.92. The number of hydrogen-bond donors (Lipinski definition) is 4. The van der Waals surface area contributed by atoms with Gasteiger partial charge in [0.2, 0.25) is 11.8 Å². The third-order valence-electron chi connectivity index (χ3n) is 5.55. The van der Waals surface area contributed by atoms with E-state index in [1.807, 2.05) is 0 Å². The van der Waals surface area contributed by atoms with E-state index < -0.39 is 17.9 Å². The van der Waals surface area contributed by atoms with Gasteiger partial charge in [0.15, 0.2) is 0 Å². The molecule has 1 aromatic heterocycles. The number of dihydropyridines is 1.